The Labute approximate surface area is 91.3 Å². The van der Waals surface area contributed by atoms with Crippen molar-refractivity contribution in [1.29, 1.82) is 0 Å². The van der Waals surface area contributed by atoms with Gasteiger partial charge in [-0.2, -0.15) is 5.10 Å². The summed E-state index contributed by atoms with van der Waals surface area (Å²) in [4.78, 5) is 21.8. The summed E-state index contributed by atoms with van der Waals surface area (Å²) in [6.45, 7) is -0.154. The average Bonchev–Trinajstić information content (AvgIpc) is 2.14. The smallest absolute Gasteiger partial charge is 0.356 e. The van der Waals surface area contributed by atoms with Crippen LogP contribution >= 0.6 is 0 Å². The lowest BCUT2D eigenvalue weighted by Crippen LogP contribution is -2.27. The second-order valence-corrected chi connectivity index (χ2v) is 5.47. The first kappa shape index (κ1) is 12.4. The van der Waals surface area contributed by atoms with E-state index in [1.807, 2.05) is 0 Å². The molecule has 1 aromatic rings. The van der Waals surface area contributed by atoms with Gasteiger partial charge in [0, 0.05) is 12.3 Å². The molecule has 0 bridgehead atoms. The largest absolute Gasteiger partial charge is 0.476 e. The van der Waals surface area contributed by atoms with Crippen LogP contribution in [0.5, 0.6) is 0 Å². The van der Waals surface area contributed by atoms with Crippen LogP contribution in [0.25, 0.3) is 0 Å². The predicted octanol–water partition coefficient (Wildman–Crippen LogP) is -1.01. The Balaban J connectivity index is 3.00. The number of aromatic carboxylic acids is 1. The van der Waals surface area contributed by atoms with Gasteiger partial charge in [0.05, 0.1) is 12.3 Å². The van der Waals surface area contributed by atoms with Gasteiger partial charge >= 0.3 is 5.97 Å². The summed E-state index contributed by atoms with van der Waals surface area (Å²) in [5.74, 6) is -1.53. The predicted molar refractivity (Wildman–Crippen MR) is 55.2 cm³/mol. The molecule has 0 atom stereocenters. The molecule has 0 aliphatic heterocycles. The fourth-order valence-corrected chi connectivity index (χ4v) is 1.48. The van der Waals surface area contributed by atoms with Gasteiger partial charge in [-0.1, -0.05) is 0 Å². The maximum absolute atomic E-state index is 11.2. The monoisotopic (exact) mass is 246 g/mol. The van der Waals surface area contributed by atoms with E-state index in [2.05, 4.69) is 5.10 Å². The second-order valence-electron chi connectivity index (χ2n) is 3.21. The molecule has 0 radical (unpaired) electrons. The van der Waals surface area contributed by atoms with Crippen molar-refractivity contribution in [3.05, 3.63) is 28.2 Å². The third kappa shape index (κ3) is 3.46. The van der Waals surface area contributed by atoms with Crippen molar-refractivity contribution in [1.82, 2.24) is 9.78 Å². The fourth-order valence-electron chi connectivity index (χ4n) is 0.975. The molecule has 1 rings (SSSR count). The zero-order valence-corrected chi connectivity index (χ0v) is 9.27. The Kier molecular flexibility index (Phi) is 3.43. The minimum Gasteiger partial charge on any atom is -0.476 e. The minimum absolute atomic E-state index is 0.154. The van der Waals surface area contributed by atoms with Gasteiger partial charge in [0.2, 0.25) is 0 Å². The minimum atomic E-state index is -3.22. The number of carbonyl (C=O) groups is 1. The van der Waals surface area contributed by atoms with Crippen LogP contribution in [0.4, 0.5) is 0 Å². The Morgan fingerprint density at radius 3 is 2.62 bits per heavy atom. The van der Waals surface area contributed by atoms with Crippen LogP contribution < -0.4 is 5.56 Å². The van der Waals surface area contributed by atoms with E-state index in [0.29, 0.717) is 0 Å². The summed E-state index contributed by atoms with van der Waals surface area (Å²) < 4.78 is 22.6. The van der Waals surface area contributed by atoms with Crippen LogP contribution in [0.2, 0.25) is 0 Å². The first-order valence-corrected chi connectivity index (χ1v) is 6.35. The molecule has 7 nitrogen and oxygen atoms in total. The molecule has 88 valence electrons. The number of carboxylic acid groups (broad SMARTS) is 1. The molecule has 1 heterocycles. The zero-order valence-electron chi connectivity index (χ0n) is 8.45. The molecule has 1 N–H and O–H groups in total. The van der Waals surface area contributed by atoms with Crippen LogP contribution in [0.1, 0.15) is 10.5 Å². The highest BCUT2D eigenvalue weighted by Gasteiger charge is 2.09. The lowest BCUT2D eigenvalue weighted by Gasteiger charge is -2.03. The molecule has 0 aromatic carbocycles. The van der Waals surface area contributed by atoms with Gasteiger partial charge < -0.3 is 5.11 Å². The van der Waals surface area contributed by atoms with Crippen molar-refractivity contribution in [3.63, 3.8) is 0 Å². The second kappa shape index (κ2) is 4.44. The standard InChI is InChI=1S/C8H10N2O5S/c1-16(14,15)5-4-10-7(11)3-2-6(9-10)8(12)13/h2-3H,4-5H2,1H3,(H,12,13). The number of carboxylic acids is 1. The summed E-state index contributed by atoms with van der Waals surface area (Å²) in [5.41, 5.74) is -0.832. The van der Waals surface area contributed by atoms with E-state index in [0.717, 1.165) is 23.1 Å². The third-order valence-electron chi connectivity index (χ3n) is 1.76. The summed E-state index contributed by atoms with van der Waals surface area (Å²) >= 11 is 0. The number of nitrogens with zero attached hydrogens (tertiary/aromatic N) is 2. The number of hydrogen-bond acceptors (Lipinski definition) is 5. The molecule has 1 aromatic heterocycles. The van der Waals surface area contributed by atoms with Crippen molar-refractivity contribution in [2.45, 2.75) is 6.54 Å². The van der Waals surface area contributed by atoms with E-state index < -0.39 is 21.4 Å². The van der Waals surface area contributed by atoms with E-state index in [1.165, 1.54) is 0 Å². The fraction of sp³-hybridized carbons (Fsp3) is 0.375. The van der Waals surface area contributed by atoms with E-state index in [4.69, 9.17) is 5.11 Å². The first-order valence-electron chi connectivity index (χ1n) is 4.29. The topological polar surface area (TPSA) is 106 Å². The highest BCUT2D eigenvalue weighted by atomic mass is 32.2. The van der Waals surface area contributed by atoms with Gasteiger partial charge in [0.25, 0.3) is 5.56 Å². The van der Waals surface area contributed by atoms with Gasteiger partial charge in [-0.25, -0.2) is 17.9 Å². The summed E-state index contributed by atoms with van der Waals surface area (Å²) in [7, 11) is -3.22. The van der Waals surface area contributed by atoms with Crippen molar-refractivity contribution in [2.24, 2.45) is 0 Å². The maximum atomic E-state index is 11.2. The summed E-state index contributed by atoms with van der Waals surface area (Å²) in [5, 5.41) is 12.1. The van der Waals surface area contributed by atoms with Crippen LogP contribution in [-0.4, -0.2) is 41.3 Å². The molecule has 16 heavy (non-hydrogen) atoms. The first-order chi connectivity index (χ1) is 7.29. The van der Waals surface area contributed by atoms with Crippen LogP contribution in [0.15, 0.2) is 16.9 Å². The summed E-state index contributed by atoms with van der Waals surface area (Å²) in [6, 6.07) is 2.11. The summed E-state index contributed by atoms with van der Waals surface area (Å²) in [6.07, 6.45) is 1.03. The Morgan fingerprint density at radius 2 is 2.12 bits per heavy atom. The number of sulfone groups is 1. The SMILES string of the molecule is CS(=O)(=O)CCn1nc(C(=O)O)ccc1=O. The molecule has 0 saturated carbocycles. The lowest BCUT2D eigenvalue weighted by atomic mass is 10.4. The molecule has 0 saturated heterocycles. The number of hydrogen-bond donors (Lipinski definition) is 1. The van der Waals surface area contributed by atoms with Crippen LogP contribution in [-0.2, 0) is 16.4 Å². The van der Waals surface area contributed by atoms with Crippen LogP contribution in [0.3, 0.4) is 0 Å². The van der Waals surface area contributed by atoms with Crippen molar-refractivity contribution >= 4 is 15.8 Å². The van der Waals surface area contributed by atoms with E-state index in [-0.39, 0.29) is 18.0 Å². The number of rotatable bonds is 4. The number of aryl methyl sites for hydroxylation is 1. The molecule has 0 fully saturated rings. The molecule has 0 spiro atoms. The average molecular weight is 246 g/mol. The van der Waals surface area contributed by atoms with E-state index in [1.54, 1.807) is 0 Å². The Bertz CT molecular complexity index is 560. The van der Waals surface area contributed by atoms with E-state index >= 15 is 0 Å². The quantitative estimate of drug-likeness (QED) is 0.729. The normalized spacial score (nSPS) is 11.3. The van der Waals surface area contributed by atoms with Crippen molar-refractivity contribution < 1.29 is 18.3 Å². The highest BCUT2D eigenvalue weighted by Crippen LogP contribution is 1.91. The molecule has 0 aliphatic carbocycles. The van der Waals surface area contributed by atoms with Gasteiger partial charge in [0.1, 0.15) is 9.84 Å². The van der Waals surface area contributed by atoms with Crippen molar-refractivity contribution in [3.8, 4) is 0 Å². The van der Waals surface area contributed by atoms with Gasteiger partial charge in [-0.05, 0) is 6.07 Å². The van der Waals surface area contributed by atoms with Crippen LogP contribution in [0, 0.1) is 0 Å². The molecular weight excluding hydrogens is 236 g/mol. The Morgan fingerprint density at radius 1 is 1.50 bits per heavy atom. The molecule has 0 unspecified atom stereocenters. The van der Waals surface area contributed by atoms with E-state index in [9.17, 15) is 18.0 Å². The third-order valence-corrected chi connectivity index (χ3v) is 2.68. The highest BCUT2D eigenvalue weighted by molar-refractivity contribution is 7.90. The van der Waals surface area contributed by atoms with Crippen molar-refractivity contribution in [2.75, 3.05) is 12.0 Å². The van der Waals surface area contributed by atoms with Gasteiger partial charge in [0.15, 0.2) is 5.69 Å². The maximum Gasteiger partial charge on any atom is 0.356 e. The number of aromatic nitrogens is 2. The zero-order chi connectivity index (χ0) is 12.3. The van der Waals surface area contributed by atoms with Gasteiger partial charge in [-0.3, -0.25) is 4.79 Å². The molecule has 0 aliphatic rings. The lowest BCUT2D eigenvalue weighted by molar-refractivity contribution is 0.0687. The van der Waals surface area contributed by atoms with Gasteiger partial charge in [-0.15, -0.1) is 0 Å². The molecule has 0 amide bonds. The molecular formula is C8H10N2O5S. The molecule has 8 heteroatoms. The Hall–Kier alpha value is -1.70.